The minimum atomic E-state index is -0.285. The van der Waals surface area contributed by atoms with Gasteiger partial charge in [0.25, 0.3) is 0 Å². The van der Waals surface area contributed by atoms with E-state index < -0.39 is 0 Å². The van der Waals surface area contributed by atoms with Crippen molar-refractivity contribution in [2.24, 2.45) is 0 Å². The van der Waals surface area contributed by atoms with Crippen molar-refractivity contribution in [1.29, 1.82) is 0 Å². The molecule has 2 unspecified atom stereocenters. The summed E-state index contributed by atoms with van der Waals surface area (Å²) in [5.74, 6) is -0.232. The van der Waals surface area contributed by atoms with Crippen LogP contribution in [0, 0.1) is 12.7 Å². The van der Waals surface area contributed by atoms with Gasteiger partial charge >= 0.3 is 5.97 Å². The average Bonchev–Trinajstić information content (AvgIpc) is 2.89. The zero-order chi connectivity index (χ0) is 17.1. The molecule has 5 heteroatoms. The van der Waals surface area contributed by atoms with Gasteiger partial charge in [-0.05, 0) is 31.9 Å². The van der Waals surface area contributed by atoms with Gasteiger partial charge in [-0.1, -0.05) is 26.0 Å². The number of benzene rings is 1. The molecular formula is C17H27FO4. The van der Waals surface area contributed by atoms with Gasteiger partial charge in [0.1, 0.15) is 0 Å². The number of carbonyl (C=O) groups excluding carboxylic acids is 1. The summed E-state index contributed by atoms with van der Waals surface area (Å²) in [6, 6.07) is 5.07. The van der Waals surface area contributed by atoms with Gasteiger partial charge in [-0.15, -0.1) is 0 Å². The number of hydrogen-bond donors (Lipinski definition) is 0. The molecule has 0 bridgehead atoms. The van der Waals surface area contributed by atoms with Gasteiger partial charge in [0.05, 0.1) is 13.2 Å². The number of halogens is 1. The largest absolute Gasteiger partial charge is 0.494 e. The third-order valence-corrected chi connectivity index (χ3v) is 2.87. The topological polar surface area (TPSA) is 44.8 Å². The molecule has 126 valence electrons. The highest BCUT2D eigenvalue weighted by molar-refractivity contribution is 5.66. The second-order valence-electron chi connectivity index (χ2n) is 4.65. The van der Waals surface area contributed by atoms with Gasteiger partial charge in [-0.2, -0.15) is 0 Å². The number of ether oxygens (including phenoxy) is 3. The molecule has 0 radical (unpaired) electrons. The maximum Gasteiger partial charge on any atom is 0.304 e. The zero-order valence-electron chi connectivity index (χ0n) is 14.3. The lowest BCUT2D eigenvalue weighted by atomic mass is 10.2. The molecule has 1 aliphatic rings. The van der Waals surface area contributed by atoms with Crippen molar-refractivity contribution < 1.29 is 23.4 Å². The fourth-order valence-electron chi connectivity index (χ4n) is 1.82. The quantitative estimate of drug-likeness (QED) is 0.766. The lowest BCUT2D eigenvalue weighted by Gasteiger charge is -2.09. The van der Waals surface area contributed by atoms with E-state index in [0.29, 0.717) is 11.3 Å². The van der Waals surface area contributed by atoms with Crippen LogP contribution in [0.1, 0.15) is 46.1 Å². The van der Waals surface area contributed by atoms with Gasteiger partial charge < -0.3 is 14.2 Å². The summed E-state index contributed by atoms with van der Waals surface area (Å²) >= 11 is 0. The zero-order valence-corrected chi connectivity index (χ0v) is 14.3. The predicted octanol–water partition coefficient (Wildman–Crippen LogP) is 4.24. The Bertz CT molecular complexity index is 448. The summed E-state index contributed by atoms with van der Waals surface area (Å²) in [4.78, 5) is 10.4. The fraction of sp³-hybridized carbons (Fsp3) is 0.588. The smallest absolute Gasteiger partial charge is 0.304 e. The van der Waals surface area contributed by atoms with Crippen LogP contribution in [0.3, 0.4) is 0 Å². The Kier molecular flexibility index (Phi) is 10.2. The van der Waals surface area contributed by atoms with Gasteiger partial charge in [0, 0.05) is 13.3 Å². The van der Waals surface area contributed by atoms with Gasteiger partial charge in [-0.3, -0.25) is 4.79 Å². The molecule has 1 aromatic rings. The Balaban J connectivity index is 0.000000360. The van der Waals surface area contributed by atoms with Crippen LogP contribution < -0.4 is 4.74 Å². The Morgan fingerprint density at radius 2 is 1.95 bits per heavy atom. The molecule has 1 aromatic carbocycles. The van der Waals surface area contributed by atoms with Gasteiger partial charge in [0.15, 0.2) is 11.6 Å². The van der Waals surface area contributed by atoms with Crippen molar-refractivity contribution in [1.82, 2.24) is 0 Å². The summed E-state index contributed by atoms with van der Waals surface area (Å²) in [7, 11) is 1.46. The minimum absolute atomic E-state index is 0.240. The van der Waals surface area contributed by atoms with Crippen LogP contribution in [0.25, 0.3) is 0 Å². The lowest BCUT2D eigenvalue weighted by Crippen LogP contribution is -2.15. The number of carbonyl (C=O) groups is 1. The van der Waals surface area contributed by atoms with E-state index in [1.807, 2.05) is 20.8 Å². The van der Waals surface area contributed by atoms with Crippen molar-refractivity contribution in [3.05, 3.63) is 29.6 Å². The van der Waals surface area contributed by atoms with E-state index in [9.17, 15) is 9.18 Å². The molecule has 22 heavy (non-hydrogen) atoms. The number of methoxy groups -OCH3 is 1. The third-order valence-electron chi connectivity index (χ3n) is 2.87. The normalized spacial score (nSPS) is 19.2. The van der Waals surface area contributed by atoms with Crippen LogP contribution in [-0.4, -0.2) is 25.5 Å². The van der Waals surface area contributed by atoms with Crippen molar-refractivity contribution in [2.75, 3.05) is 7.11 Å². The van der Waals surface area contributed by atoms with E-state index in [0.717, 1.165) is 12.8 Å². The first-order valence-electron chi connectivity index (χ1n) is 7.55. The number of hydrogen-bond acceptors (Lipinski definition) is 4. The predicted molar refractivity (Wildman–Crippen MR) is 84.4 cm³/mol. The fourth-order valence-corrected chi connectivity index (χ4v) is 1.82. The van der Waals surface area contributed by atoms with Gasteiger partial charge in [0.2, 0.25) is 6.29 Å². The van der Waals surface area contributed by atoms with Crippen molar-refractivity contribution in [2.45, 2.75) is 59.9 Å². The molecule has 4 nitrogen and oxygen atoms in total. The number of rotatable bonds is 2. The molecule has 0 saturated carbocycles. The Morgan fingerprint density at radius 3 is 2.36 bits per heavy atom. The van der Waals surface area contributed by atoms with E-state index in [2.05, 4.69) is 0 Å². The maximum absolute atomic E-state index is 12.9. The summed E-state index contributed by atoms with van der Waals surface area (Å²) in [5.41, 5.74) is 0.611. The van der Waals surface area contributed by atoms with Crippen LogP contribution in [0.4, 0.5) is 4.39 Å². The molecule has 1 fully saturated rings. The van der Waals surface area contributed by atoms with Crippen LogP contribution in [0.2, 0.25) is 0 Å². The average molecular weight is 314 g/mol. The molecule has 0 N–H and O–H groups in total. The molecular weight excluding hydrogens is 287 g/mol. The molecule has 0 amide bonds. The highest BCUT2D eigenvalue weighted by atomic mass is 19.1. The third kappa shape index (κ3) is 7.41. The first-order chi connectivity index (χ1) is 10.4. The molecule has 0 aromatic heterocycles. The number of esters is 1. The number of aryl methyl sites for hydroxylation is 1. The Morgan fingerprint density at radius 1 is 1.32 bits per heavy atom. The van der Waals surface area contributed by atoms with E-state index >= 15 is 0 Å². The summed E-state index contributed by atoms with van der Waals surface area (Å²) < 4.78 is 27.7. The highest BCUT2D eigenvalue weighted by Crippen LogP contribution is 2.19. The van der Waals surface area contributed by atoms with Crippen molar-refractivity contribution in [3.8, 4) is 5.75 Å². The first kappa shape index (κ1) is 20.4. The van der Waals surface area contributed by atoms with E-state index in [-0.39, 0.29) is 24.2 Å². The second kappa shape index (κ2) is 11.0. The monoisotopic (exact) mass is 314 g/mol. The van der Waals surface area contributed by atoms with E-state index in [1.165, 1.54) is 14.0 Å². The molecule has 1 aliphatic heterocycles. The highest BCUT2D eigenvalue weighted by Gasteiger charge is 2.23. The molecule has 1 saturated heterocycles. The Hall–Kier alpha value is -1.62. The second-order valence-corrected chi connectivity index (χ2v) is 4.65. The minimum Gasteiger partial charge on any atom is -0.494 e. The first-order valence-corrected chi connectivity index (χ1v) is 7.55. The molecule has 0 aliphatic carbocycles. The maximum atomic E-state index is 12.9. The SMILES string of the molecule is CC.CC(=O)OC1CCC(C)O1.COc1cccc(C)c1F. The molecule has 0 spiro atoms. The summed E-state index contributed by atoms with van der Waals surface area (Å²) in [5, 5.41) is 0. The van der Waals surface area contributed by atoms with Gasteiger partial charge in [-0.25, -0.2) is 4.39 Å². The molecule has 2 rings (SSSR count). The van der Waals surface area contributed by atoms with Crippen LogP contribution >= 0.6 is 0 Å². The van der Waals surface area contributed by atoms with Crippen LogP contribution in [0.5, 0.6) is 5.75 Å². The standard InChI is InChI=1S/C8H9FO.C7H12O3.C2H6/c1-6-4-3-5-7(10-2)8(6)9;1-5-3-4-7(9-5)10-6(2)8;1-2/h3-5H,1-2H3;5,7H,3-4H2,1-2H3;1-2H3. The van der Waals surface area contributed by atoms with Crippen LogP contribution in [-0.2, 0) is 14.3 Å². The molecule has 2 atom stereocenters. The van der Waals surface area contributed by atoms with E-state index in [4.69, 9.17) is 14.2 Å². The lowest BCUT2D eigenvalue weighted by molar-refractivity contribution is -0.171. The van der Waals surface area contributed by atoms with Crippen LogP contribution in [0.15, 0.2) is 18.2 Å². The summed E-state index contributed by atoms with van der Waals surface area (Å²) in [6.45, 7) is 9.08. The van der Waals surface area contributed by atoms with Crippen molar-refractivity contribution in [3.63, 3.8) is 0 Å². The van der Waals surface area contributed by atoms with E-state index in [1.54, 1.807) is 25.1 Å². The molecule has 1 heterocycles. The Labute approximate surface area is 132 Å². The van der Waals surface area contributed by atoms with Crippen molar-refractivity contribution >= 4 is 5.97 Å². The summed E-state index contributed by atoms with van der Waals surface area (Å²) in [6.07, 6.45) is 1.77.